The normalized spacial score (nSPS) is 10.3. The number of hydrazone groups is 1. The van der Waals surface area contributed by atoms with Gasteiger partial charge in [-0.25, -0.2) is 5.43 Å². The van der Waals surface area contributed by atoms with Crippen LogP contribution in [0.5, 0.6) is 5.75 Å². The van der Waals surface area contributed by atoms with Crippen LogP contribution in [0.25, 0.3) is 0 Å². The zero-order valence-electron chi connectivity index (χ0n) is 11.8. The minimum Gasteiger partial charge on any atom is -0.479 e. The molecule has 0 spiro atoms. The summed E-state index contributed by atoms with van der Waals surface area (Å²) in [5, 5.41) is 13.0. The van der Waals surface area contributed by atoms with Crippen LogP contribution < -0.4 is 10.2 Å². The predicted octanol–water partition coefficient (Wildman–Crippen LogP) is 3.66. The van der Waals surface area contributed by atoms with Gasteiger partial charge in [0.1, 0.15) is 11.8 Å². The lowest BCUT2D eigenvalue weighted by Gasteiger charge is -2.03. The van der Waals surface area contributed by atoms with Gasteiger partial charge in [0, 0.05) is 5.02 Å². The summed E-state index contributed by atoms with van der Waals surface area (Å²) in [5.74, 6) is 0.126. The van der Waals surface area contributed by atoms with E-state index in [4.69, 9.17) is 33.2 Å². The summed E-state index contributed by atoms with van der Waals surface area (Å²) in [7, 11) is 0. The Hall–Kier alpha value is -2.55. The maximum absolute atomic E-state index is 12.0. The SMILES string of the molecule is N#CCOc1ccc(/C=N\NC(=O)c2cc(Cl)ccc2Cl)cc1. The first-order chi connectivity index (χ1) is 11.1. The molecule has 2 aromatic carbocycles. The smallest absolute Gasteiger partial charge is 0.272 e. The highest BCUT2D eigenvalue weighted by molar-refractivity contribution is 6.35. The van der Waals surface area contributed by atoms with Crippen molar-refractivity contribution in [3.05, 3.63) is 63.6 Å². The number of amides is 1. The zero-order valence-corrected chi connectivity index (χ0v) is 13.3. The van der Waals surface area contributed by atoms with Gasteiger partial charge in [-0.3, -0.25) is 4.79 Å². The molecule has 5 nitrogen and oxygen atoms in total. The Kier molecular flexibility index (Phi) is 5.98. The van der Waals surface area contributed by atoms with Crippen LogP contribution in [0.1, 0.15) is 15.9 Å². The van der Waals surface area contributed by atoms with Crippen LogP contribution in [0.15, 0.2) is 47.6 Å². The molecule has 1 amide bonds. The van der Waals surface area contributed by atoms with Gasteiger partial charge in [0.2, 0.25) is 0 Å². The maximum atomic E-state index is 12.0. The van der Waals surface area contributed by atoms with E-state index in [9.17, 15) is 4.79 Å². The molecule has 0 fully saturated rings. The first-order valence-corrected chi connectivity index (χ1v) is 7.24. The van der Waals surface area contributed by atoms with Gasteiger partial charge in [0.25, 0.3) is 5.91 Å². The number of rotatable bonds is 5. The molecule has 7 heteroatoms. The number of carbonyl (C=O) groups excluding carboxylic acids is 1. The third kappa shape index (κ3) is 4.99. The number of nitrogens with zero attached hydrogens (tertiary/aromatic N) is 2. The van der Waals surface area contributed by atoms with Gasteiger partial charge in [-0.15, -0.1) is 0 Å². The second kappa shape index (κ2) is 8.18. The summed E-state index contributed by atoms with van der Waals surface area (Å²) >= 11 is 11.8. The third-order valence-electron chi connectivity index (χ3n) is 2.74. The molecular formula is C16H11Cl2N3O2. The number of halogens is 2. The molecule has 23 heavy (non-hydrogen) atoms. The fraction of sp³-hybridized carbons (Fsp3) is 0.0625. The summed E-state index contributed by atoms with van der Waals surface area (Å²) in [6.45, 7) is -0.0100. The lowest BCUT2D eigenvalue weighted by atomic mass is 10.2. The van der Waals surface area contributed by atoms with Crippen molar-refractivity contribution in [3.8, 4) is 11.8 Å². The number of benzene rings is 2. The monoisotopic (exact) mass is 347 g/mol. The van der Waals surface area contributed by atoms with Crippen molar-refractivity contribution in [1.29, 1.82) is 5.26 Å². The quantitative estimate of drug-likeness (QED) is 0.662. The molecule has 0 aliphatic heterocycles. The van der Waals surface area contributed by atoms with E-state index in [0.29, 0.717) is 15.8 Å². The van der Waals surface area contributed by atoms with E-state index in [1.54, 1.807) is 36.4 Å². The highest BCUT2D eigenvalue weighted by Crippen LogP contribution is 2.20. The molecule has 0 heterocycles. The highest BCUT2D eigenvalue weighted by Gasteiger charge is 2.09. The van der Waals surface area contributed by atoms with Crippen LogP contribution in [0.4, 0.5) is 0 Å². The average molecular weight is 348 g/mol. The molecule has 0 unspecified atom stereocenters. The number of ether oxygens (including phenoxy) is 1. The van der Waals surface area contributed by atoms with Crippen molar-refractivity contribution in [2.45, 2.75) is 0 Å². The molecule has 1 N–H and O–H groups in total. The number of carbonyl (C=O) groups is 1. The van der Waals surface area contributed by atoms with E-state index in [2.05, 4.69) is 10.5 Å². The molecule has 116 valence electrons. The number of nitriles is 1. The van der Waals surface area contributed by atoms with E-state index in [1.807, 2.05) is 6.07 Å². The summed E-state index contributed by atoms with van der Waals surface area (Å²) in [5.41, 5.74) is 3.38. The fourth-order valence-corrected chi connectivity index (χ4v) is 2.04. The van der Waals surface area contributed by atoms with E-state index in [1.165, 1.54) is 12.3 Å². The average Bonchev–Trinajstić information content (AvgIpc) is 2.56. The van der Waals surface area contributed by atoms with Gasteiger partial charge in [-0.05, 0) is 48.0 Å². The van der Waals surface area contributed by atoms with Gasteiger partial charge >= 0.3 is 0 Å². The summed E-state index contributed by atoms with van der Waals surface area (Å²) in [4.78, 5) is 12.0. The van der Waals surface area contributed by atoms with Crippen molar-refractivity contribution in [3.63, 3.8) is 0 Å². The second-order valence-corrected chi connectivity index (χ2v) is 5.18. The Balaban J connectivity index is 1.97. The van der Waals surface area contributed by atoms with E-state index in [-0.39, 0.29) is 12.2 Å². The van der Waals surface area contributed by atoms with Gasteiger partial charge in [0.05, 0.1) is 16.8 Å². The summed E-state index contributed by atoms with van der Waals surface area (Å²) < 4.78 is 5.13. The van der Waals surface area contributed by atoms with Crippen LogP contribution in [0, 0.1) is 11.3 Å². The lowest BCUT2D eigenvalue weighted by molar-refractivity contribution is 0.0955. The molecule has 0 radical (unpaired) electrons. The van der Waals surface area contributed by atoms with Gasteiger partial charge < -0.3 is 4.74 Å². The lowest BCUT2D eigenvalue weighted by Crippen LogP contribution is -2.18. The van der Waals surface area contributed by atoms with E-state index >= 15 is 0 Å². The number of nitrogens with one attached hydrogen (secondary N) is 1. The number of hydrogen-bond acceptors (Lipinski definition) is 4. The first-order valence-electron chi connectivity index (χ1n) is 6.48. The molecule has 0 saturated heterocycles. The van der Waals surface area contributed by atoms with Crippen LogP contribution >= 0.6 is 23.2 Å². The molecule has 0 aromatic heterocycles. The first kappa shape index (κ1) is 16.8. The Labute approximate surface area is 143 Å². The summed E-state index contributed by atoms with van der Waals surface area (Å²) in [6.07, 6.45) is 1.48. The maximum Gasteiger partial charge on any atom is 0.272 e. The molecule has 0 bridgehead atoms. The molecule has 2 aromatic rings. The van der Waals surface area contributed by atoms with Crippen LogP contribution in [0.3, 0.4) is 0 Å². The van der Waals surface area contributed by atoms with Crippen LogP contribution in [0.2, 0.25) is 10.0 Å². The van der Waals surface area contributed by atoms with Crippen molar-refractivity contribution >= 4 is 35.3 Å². The van der Waals surface area contributed by atoms with Gasteiger partial charge in [-0.1, -0.05) is 23.2 Å². The molecule has 0 aliphatic rings. The molecule has 0 saturated carbocycles. The van der Waals surface area contributed by atoms with Crippen molar-refractivity contribution in [2.24, 2.45) is 5.10 Å². The second-order valence-electron chi connectivity index (χ2n) is 4.34. The topological polar surface area (TPSA) is 74.5 Å². The summed E-state index contributed by atoms with van der Waals surface area (Å²) in [6, 6.07) is 13.4. The zero-order chi connectivity index (χ0) is 16.7. The molecule has 0 aliphatic carbocycles. The van der Waals surface area contributed by atoms with Gasteiger partial charge in [-0.2, -0.15) is 10.4 Å². The predicted molar refractivity (Wildman–Crippen MR) is 89.1 cm³/mol. The fourth-order valence-electron chi connectivity index (χ4n) is 1.66. The Morgan fingerprint density at radius 3 is 2.70 bits per heavy atom. The van der Waals surface area contributed by atoms with E-state index < -0.39 is 5.91 Å². The molecule has 2 rings (SSSR count). The van der Waals surface area contributed by atoms with Crippen LogP contribution in [-0.4, -0.2) is 18.7 Å². The van der Waals surface area contributed by atoms with Crippen molar-refractivity contribution in [2.75, 3.05) is 6.61 Å². The standard InChI is InChI=1S/C16H11Cl2N3O2/c17-12-3-6-15(18)14(9-12)16(22)21-20-10-11-1-4-13(5-2-11)23-8-7-19/h1-6,9-10H,8H2,(H,21,22)/b20-10-. The van der Waals surface area contributed by atoms with Gasteiger partial charge in [0.15, 0.2) is 6.61 Å². The largest absolute Gasteiger partial charge is 0.479 e. The Morgan fingerprint density at radius 2 is 2.00 bits per heavy atom. The van der Waals surface area contributed by atoms with Crippen LogP contribution in [-0.2, 0) is 0 Å². The van der Waals surface area contributed by atoms with Crippen molar-refractivity contribution in [1.82, 2.24) is 5.43 Å². The third-order valence-corrected chi connectivity index (χ3v) is 3.30. The molecule has 0 atom stereocenters. The minimum absolute atomic E-state index is 0.0100. The molecular weight excluding hydrogens is 337 g/mol. The van der Waals surface area contributed by atoms with E-state index in [0.717, 1.165) is 5.56 Å². The Morgan fingerprint density at radius 1 is 1.26 bits per heavy atom. The van der Waals surface area contributed by atoms with Crippen molar-refractivity contribution < 1.29 is 9.53 Å². The highest BCUT2D eigenvalue weighted by atomic mass is 35.5. The number of hydrogen-bond donors (Lipinski definition) is 1. The Bertz CT molecular complexity index is 768. The minimum atomic E-state index is -0.456.